The average Bonchev–Trinajstić information content (AvgIpc) is 3.21. The SMILES string of the molecule is CC(=O)C1=Cc2cc(-n3nncc3CN3CCOCC3)ccc2C1. The molecule has 24 heavy (non-hydrogen) atoms. The molecular weight excluding hydrogens is 304 g/mol. The van der Waals surface area contributed by atoms with Crippen LogP contribution in [0.1, 0.15) is 23.7 Å². The van der Waals surface area contributed by atoms with E-state index in [1.807, 2.05) is 23.0 Å². The number of allylic oxidation sites excluding steroid dienone is 1. The molecule has 1 fully saturated rings. The molecule has 0 spiro atoms. The second kappa shape index (κ2) is 6.30. The summed E-state index contributed by atoms with van der Waals surface area (Å²) in [6, 6.07) is 6.22. The minimum Gasteiger partial charge on any atom is -0.379 e. The summed E-state index contributed by atoms with van der Waals surface area (Å²) in [4.78, 5) is 13.9. The molecule has 4 rings (SSSR count). The van der Waals surface area contributed by atoms with Gasteiger partial charge in [0.1, 0.15) is 0 Å². The van der Waals surface area contributed by atoms with Crippen molar-refractivity contribution < 1.29 is 9.53 Å². The van der Waals surface area contributed by atoms with E-state index < -0.39 is 0 Å². The first-order chi connectivity index (χ1) is 11.7. The first-order valence-electron chi connectivity index (χ1n) is 8.25. The standard InChI is InChI=1S/C18H20N4O2/c1-13(23)15-8-14-2-3-17(10-16(14)9-15)22-18(11-19-20-22)12-21-4-6-24-7-5-21/h2-3,9-11H,4-8,12H2,1H3. The Morgan fingerprint density at radius 3 is 2.92 bits per heavy atom. The van der Waals surface area contributed by atoms with Gasteiger partial charge in [-0.3, -0.25) is 9.69 Å². The lowest BCUT2D eigenvalue weighted by molar-refractivity contribution is -0.113. The van der Waals surface area contributed by atoms with Crippen LogP contribution in [0.25, 0.3) is 11.8 Å². The Balaban J connectivity index is 1.60. The van der Waals surface area contributed by atoms with Crippen molar-refractivity contribution in [1.82, 2.24) is 19.9 Å². The molecule has 0 amide bonds. The summed E-state index contributed by atoms with van der Waals surface area (Å²) in [6.07, 6.45) is 4.53. The summed E-state index contributed by atoms with van der Waals surface area (Å²) >= 11 is 0. The van der Waals surface area contributed by atoms with Crippen LogP contribution in [0, 0.1) is 0 Å². The van der Waals surface area contributed by atoms with Crippen molar-refractivity contribution in [2.45, 2.75) is 19.9 Å². The normalized spacial score (nSPS) is 17.6. The third-order valence-electron chi connectivity index (χ3n) is 4.65. The molecule has 1 saturated heterocycles. The quantitative estimate of drug-likeness (QED) is 0.855. The van der Waals surface area contributed by atoms with Gasteiger partial charge in [0.25, 0.3) is 0 Å². The molecule has 6 nitrogen and oxygen atoms in total. The van der Waals surface area contributed by atoms with Gasteiger partial charge in [-0.15, -0.1) is 5.10 Å². The highest BCUT2D eigenvalue weighted by Gasteiger charge is 2.18. The number of ether oxygens (including phenoxy) is 1. The van der Waals surface area contributed by atoms with Crippen molar-refractivity contribution in [1.29, 1.82) is 0 Å². The molecule has 1 aliphatic heterocycles. The largest absolute Gasteiger partial charge is 0.379 e. The lowest BCUT2D eigenvalue weighted by Gasteiger charge is -2.26. The van der Waals surface area contributed by atoms with Crippen LogP contribution in [-0.4, -0.2) is 52.0 Å². The fraction of sp³-hybridized carbons (Fsp3) is 0.389. The molecule has 2 aromatic rings. The summed E-state index contributed by atoms with van der Waals surface area (Å²) in [5, 5.41) is 8.34. The first kappa shape index (κ1) is 15.2. The summed E-state index contributed by atoms with van der Waals surface area (Å²) in [7, 11) is 0. The lowest BCUT2D eigenvalue weighted by Crippen LogP contribution is -2.36. The minimum absolute atomic E-state index is 0.140. The molecule has 2 aliphatic rings. The van der Waals surface area contributed by atoms with Crippen molar-refractivity contribution >= 4 is 11.9 Å². The maximum Gasteiger partial charge on any atom is 0.156 e. The van der Waals surface area contributed by atoms with E-state index in [0.717, 1.165) is 61.8 Å². The van der Waals surface area contributed by atoms with E-state index in [1.165, 1.54) is 5.56 Å². The minimum atomic E-state index is 0.140. The summed E-state index contributed by atoms with van der Waals surface area (Å²) in [5.41, 5.74) is 5.21. The number of rotatable bonds is 4. The van der Waals surface area contributed by atoms with Crippen molar-refractivity contribution in [3.63, 3.8) is 0 Å². The molecule has 0 atom stereocenters. The predicted molar refractivity (Wildman–Crippen MR) is 89.8 cm³/mol. The Morgan fingerprint density at radius 2 is 2.12 bits per heavy atom. The highest BCUT2D eigenvalue weighted by atomic mass is 16.5. The van der Waals surface area contributed by atoms with E-state index in [1.54, 1.807) is 6.92 Å². The van der Waals surface area contributed by atoms with Gasteiger partial charge in [0, 0.05) is 26.1 Å². The van der Waals surface area contributed by atoms with Gasteiger partial charge in [0.05, 0.1) is 30.8 Å². The lowest BCUT2D eigenvalue weighted by atomic mass is 10.1. The van der Waals surface area contributed by atoms with E-state index in [0.29, 0.717) is 0 Å². The van der Waals surface area contributed by atoms with Crippen LogP contribution in [0.3, 0.4) is 0 Å². The third kappa shape index (κ3) is 2.90. The van der Waals surface area contributed by atoms with E-state index >= 15 is 0 Å². The number of carbonyl (C=O) groups excluding carboxylic acids is 1. The molecule has 1 aromatic carbocycles. The van der Waals surface area contributed by atoms with E-state index in [-0.39, 0.29) is 5.78 Å². The second-order valence-corrected chi connectivity index (χ2v) is 6.31. The van der Waals surface area contributed by atoms with Crippen molar-refractivity contribution in [3.05, 3.63) is 46.8 Å². The Hall–Kier alpha value is -2.31. The average molecular weight is 324 g/mol. The van der Waals surface area contributed by atoms with Gasteiger partial charge in [-0.1, -0.05) is 11.3 Å². The fourth-order valence-electron chi connectivity index (χ4n) is 3.25. The Kier molecular flexibility index (Phi) is 4.00. The number of hydrogen-bond donors (Lipinski definition) is 0. The van der Waals surface area contributed by atoms with Crippen LogP contribution in [0.5, 0.6) is 0 Å². The number of nitrogens with zero attached hydrogens (tertiary/aromatic N) is 4. The van der Waals surface area contributed by atoms with Crippen LogP contribution in [0.15, 0.2) is 30.0 Å². The van der Waals surface area contributed by atoms with Gasteiger partial charge >= 0.3 is 0 Å². The molecule has 0 radical (unpaired) electrons. The van der Waals surface area contributed by atoms with Crippen LogP contribution in [-0.2, 0) is 22.5 Å². The number of Topliss-reactive ketones (excluding diaryl/α,β-unsaturated/α-hetero) is 1. The van der Waals surface area contributed by atoms with Crippen molar-refractivity contribution in [3.8, 4) is 5.69 Å². The summed E-state index contributed by atoms with van der Waals surface area (Å²) in [5.74, 6) is 0.140. The van der Waals surface area contributed by atoms with Crippen LogP contribution < -0.4 is 0 Å². The molecule has 6 heteroatoms. The van der Waals surface area contributed by atoms with E-state index in [2.05, 4.69) is 27.3 Å². The number of ketones is 1. The zero-order valence-electron chi connectivity index (χ0n) is 13.7. The third-order valence-corrected chi connectivity index (χ3v) is 4.65. The van der Waals surface area contributed by atoms with Crippen LogP contribution >= 0.6 is 0 Å². The molecule has 124 valence electrons. The topological polar surface area (TPSA) is 60.2 Å². The first-order valence-corrected chi connectivity index (χ1v) is 8.25. The van der Waals surface area contributed by atoms with Gasteiger partial charge in [-0.05, 0) is 41.8 Å². The number of fused-ring (bicyclic) bond motifs is 1. The Bertz CT molecular complexity index is 803. The maximum atomic E-state index is 11.6. The van der Waals surface area contributed by atoms with Crippen molar-refractivity contribution in [2.75, 3.05) is 26.3 Å². The molecule has 0 unspecified atom stereocenters. The van der Waals surface area contributed by atoms with E-state index in [4.69, 9.17) is 4.74 Å². The molecule has 0 bridgehead atoms. The van der Waals surface area contributed by atoms with Crippen LogP contribution in [0.4, 0.5) is 0 Å². The molecule has 1 aromatic heterocycles. The Labute approximate surface area is 140 Å². The van der Waals surface area contributed by atoms with Gasteiger partial charge < -0.3 is 4.74 Å². The Morgan fingerprint density at radius 1 is 1.29 bits per heavy atom. The van der Waals surface area contributed by atoms with Gasteiger partial charge in [-0.25, -0.2) is 4.68 Å². The monoisotopic (exact) mass is 324 g/mol. The highest BCUT2D eigenvalue weighted by Crippen LogP contribution is 2.27. The predicted octanol–water partition coefficient (Wildman–Crippen LogP) is 1.63. The maximum absolute atomic E-state index is 11.6. The fourth-order valence-corrected chi connectivity index (χ4v) is 3.25. The van der Waals surface area contributed by atoms with Gasteiger partial charge in [0.2, 0.25) is 0 Å². The second-order valence-electron chi connectivity index (χ2n) is 6.31. The molecular formula is C18H20N4O2. The summed E-state index contributed by atoms with van der Waals surface area (Å²) < 4.78 is 7.28. The van der Waals surface area contributed by atoms with Gasteiger partial charge in [-0.2, -0.15) is 0 Å². The molecule has 2 heterocycles. The number of carbonyl (C=O) groups is 1. The zero-order chi connectivity index (χ0) is 16.5. The number of morpholine rings is 1. The van der Waals surface area contributed by atoms with Gasteiger partial charge in [0.15, 0.2) is 5.78 Å². The molecule has 1 aliphatic carbocycles. The zero-order valence-corrected chi connectivity index (χ0v) is 13.7. The number of benzene rings is 1. The number of hydrogen-bond acceptors (Lipinski definition) is 5. The molecule has 0 N–H and O–H groups in total. The van der Waals surface area contributed by atoms with Crippen molar-refractivity contribution in [2.24, 2.45) is 0 Å². The van der Waals surface area contributed by atoms with Crippen LogP contribution in [0.2, 0.25) is 0 Å². The highest BCUT2D eigenvalue weighted by molar-refractivity contribution is 6.00. The number of aromatic nitrogens is 3. The smallest absolute Gasteiger partial charge is 0.156 e. The van der Waals surface area contributed by atoms with E-state index in [9.17, 15) is 4.79 Å². The summed E-state index contributed by atoms with van der Waals surface area (Å²) in [6.45, 7) is 5.84. The molecule has 0 saturated carbocycles.